The predicted molar refractivity (Wildman–Crippen MR) is 109 cm³/mol. The number of alkyl halides is 2. The summed E-state index contributed by atoms with van der Waals surface area (Å²) in [5.74, 6) is -0.599. The number of benzene rings is 2. The van der Waals surface area contributed by atoms with Gasteiger partial charge in [-0.3, -0.25) is 9.59 Å². The van der Waals surface area contributed by atoms with E-state index in [0.717, 1.165) is 0 Å². The number of carbonyl (C=O) groups is 1. The van der Waals surface area contributed by atoms with Crippen molar-refractivity contribution in [3.05, 3.63) is 70.1 Å². The van der Waals surface area contributed by atoms with Crippen molar-refractivity contribution >= 4 is 22.4 Å². The maximum absolute atomic E-state index is 12.8. The van der Waals surface area contributed by atoms with E-state index in [-0.39, 0.29) is 17.0 Å². The number of fused-ring (bicyclic) bond motifs is 1. The number of hydrogen-bond acceptors (Lipinski definition) is 5. The Morgan fingerprint density at radius 3 is 2.63 bits per heavy atom. The SMILES string of the molecule is CCCn1nc(C(=O)N/N=C(/C)c2cccc(OC(F)F)c2)c2ccccc2c1=O. The summed E-state index contributed by atoms with van der Waals surface area (Å²) in [5.41, 5.74) is 3.12. The van der Waals surface area contributed by atoms with Gasteiger partial charge < -0.3 is 4.74 Å². The van der Waals surface area contributed by atoms with Crippen molar-refractivity contribution in [3.63, 3.8) is 0 Å². The average Bonchev–Trinajstić information content (AvgIpc) is 2.73. The summed E-state index contributed by atoms with van der Waals surface area (Å²) in [5, 5.41) is 9.07. The number of aryl methyl sites for hydroxylation is 1. The topological polar surface area (TPSA) is 85.6 Å². The first-order valence-corrected chi connectivity index (χ1v) is 9.30. The summed E-state index contributed by atoms with van der Waals surface area (Å²) in [6, 6.07) is 12.7. The Balaban J connectivity index is 1.90. The maximum Gasteiger partial charge on any atom is 0.387 e. The standard InChI is InChI=1S/C21H20F2N4O3/c1-3-11-27-20(29)17-10-5-4-9-16(17)18(26-27)19(28)25-24-13(2)14-7-6-8-15(12-14)30-21(22)23/h4-10,12,21H,3,11H2,1-2H3,(H,25,28)/b24-13-. The number of aromatic nitrogens is 2. The van der Waals surface area contributed by atoms with Gasteiger partial charge in [-0.2, -0.15) is 19.0 Å². The fourth-order valence-electron chi connectivity index (χ4n) is 2.92. The Morgan fingerprint density at radius 1 is 1.20 bits per heavy atom. The lowest BCUT2D eigenvalue weighted by Gasteiger charge is -2.10. The molecule has 0 spiro atoms. The monoisotopic (exact) mass is 414 g/mol. The molecule has 0 radical (unpaired) electrons. The van der Waals surface area contributed by atoms with E-state index in [0.29, 0.717) is 35.0 Å². The number of rotatable bonds is 7. The summed E-state index contributed by atoms with van der Waals surface area (Å²) >= 11 is 0. The van der Waals surface area contributed by atoms with Crippen molar-refractivity contribution in [2.24, 2.45) is 5.10 Å². The van der Waals surface area contributed by atoms with Gasteiger partial charge in [0.05, 0.1) is 11.1 Å². The summed E-state index contributed by atoms with van der Waals surface area (Å²) in [6.45, 7) is 0.965. The van der Waals surface area contributed by atoms with Crippen LogP contribution in [0.3, 0.4) is 0 Å². The molecule has 0 atom stereocenters. The van der Waals surface area contributed by atoms with Gasteiger partial charge in [0.2, 0.25) is 0 Å². The van der Waals surface area contributed by atoms with Gasteiger partial charge in [0, 0.05) is 17.5 Å². The minimum absolute atomic E-state index is 0.0114. The molecule has 0 aliphatic rings. The summed E-state index contributed by atoms with van der Waals surface area (Å²) in [7, 11) is 0. The van der Waals surface area contributed by atoms with E-state index in [2.05, 4.69) is 20.4 Å². The number of nitrogens with zero attached hydrogens (tertiary/aromatic N) is 3. The van der Waals surface area contributed by atoms with Crippen molar-refractivity contribution in [3.8, 4) is 5.75 Å². The van der Waals surface area contributed by atoms with E-state index < -0.39 is 12.5 Å². The van der Waals surface area contributed by atoms with Gasteiger partial charge in [-0.1, -0.05) is 37.3 Å². The lowest BCUT2D eigenvalue weighted by atomic mass is 10.1. The molecule has 0 bridgehead atoms. The van der Waals surface area contributed by atoms with E-state index in [9.17, 15) is 18.4 Å². The highest BCUT2D eigenvalue weighted by Gasteiger charge is 2.16. The van der Waals surface area contributed by atoms with Crippen LogP contribution in [-0.2, 0) is 6.54 Å². The van der Waals surface area contributed by atoms with Crippen molar-refractivity contribution < 1.29 is 18.3 Å². The van der Waals surface area contributed by atoms with E-state index in [1.54, 1.807) is 43.3 Å². The van der Waals surface area contributed by atoms with E-state index >= 15 is 0 Å². The second-order valence-corrected chi connectivity index (χ2v) is 6.47. The molecule has 0 saturated heterocycles. The summed E-state index contributed by atoms with van der Waals surface area (Å²) in [6.07, 6.45) is 0.681. The second-order valence-electron chi connectivity index (χ2n) is 6.47. The molecule has 3 aromatic rings. The second kappa shape index (κ2) is 9.25. The molecule has 3 rings (SSSR count). The molecular formula is C21H20F2N4O3. The Kier molecular flexibility index (Phi) is 6.51. The van der Waals surface area contributed by atoms with Crippen LogP contribution >= 0.6 is 0 Å². The highest BCUT2D eigenvalue weighted by Crippen LogP contribution is 2.17. The summed E-state index contributed by atoms with van der Waals surface area (Å²) in [4.78, 5) is 25.3. The van der Waals surface area contributed by atoms with Crippen molar-refractivity contribution in [2.45, 2.75) is 33.4 Å². The number of nitrogens with one attached hydrogen (secondary N) is 1. The zero-order chi connectivity index (χ0) is 21.7. The van der Waals surface area contributed by atoms with Crippen LogP contribution in [0.15, 0.2) is 58.4 Å². The fraction of sp³-hybridized carbons (Fsp3) is 0.238. The lowest BCUT2D eigenvalue weighted by Crippen LogP contribution is -2.29. The Hall–Kier alpha value is -3.62. The normalized spacial score (nSPS) is 11.7. The molecule has 1 aromatic heterocycles. The first kappa shape index (κ1) is 21.1. The molecular weight excluding hydrogens is 394 g/mol. The first-order valence-electron chi connectivity index (χ1n) is 9.30. The molecule has 7 nitrogen and oxygen atoms in total. The summed E-state index contributed by atoms with van der Waals surface area (Å²) < 4.78 is 30.4. The molecule has 9 heteroatoms. The molecule has 2 aromatic carbocycles. The molecule has 0 fully saturated rings. The third-order valence-corrected chi connectivity index (χ3v) is 4.32. The molecule has 1 amide bonds. The molecule has 0 aliphatic carbocycles. The third kappa shape index (κ3) is 4.68. The van der Waals surface area contributed by atoms with Crippen LogP contribution in [0.4, 0.5) is 8.78 Å². The van der Waals surface area contributed by atoms with Crippen LogP contribution in [-0.4, -0.2) is 28.0 Å². The number of hydrazone groups is 1. The zero-order valence-electron chi connectivity index (χ0n) is 16.4. The highest BCUT2D eigenvalue weighted by atomic mass is 19.3. The van der Waals surface area contributed by atoms with Crippen LogP contribution in [0.2, 0.25) is 0 Å². The van der Waals surface area contributed by atoms with Gasteiger partial charge in [-0.15, -0.1) is 0 Å². The minimum Gasteiger partial charge on any atom is -0.435 e. The van der Waals surface area contributed by atoms with Gasteiger partial charge in [-0.25, -0.2) is 10.1 Å². The molecule has 156 valence electrons. The van der Waals surface area contributed by atoms with Crippen LogP contribution in [0.5, 0.6) is 5.75 Å². The van der Waals surface area contributed by atoms with E-state index in [4.69, 9.17) is 0 Å². The quantitative estimate of drug-likeness (QED) is 0.473. The molecule has 0 aliphatic heterocycles. The Labute approximate surface area is 171 Å². The van der Waals surface area contributed by atoms with E-state index in [1.165, 1.54) is 16.8 Å². The van der Waals surface area contributed by atoms with Crippen molar-refractivity contribution in [1.29, 1.82) is 0 Å². The Bertz CT molecular complexity index is 1160. The zero-order valence-corrected chi connectivity index (χ0v) is 16.4. The predicted octanol–water partition coefficient (Wildman–Crippen LogP) is 3.56. The molecule has 0 unspecified atom stereocenters. The number of hydrogen-bond donors (Lipinski definition) is 1. The fourth-order valence-corrected chi connectivity index (χ4v) is 2.92. The molecule has 1 N–H and O–H groups in total. The van der Waals surface area contributed by atoms with Gasteiger partial charge >= 0.3 is 6.61 Å². The molecule has 1 heterocycles. The average molecular weight is 414 g/mol. The molecule has 30 heavy (non-hydrogen) atoms. The molecule has 0 saturated carbocycles. The maximum atomic E-state index is 12.8. The van der Waals surface area contributed by atoms with Crippen molar-refractivity contribution in [1.82, 2.24) is 15.2 Å². The largest absolute Gasteiger partial charge is 0.435 e. The third-order valence-electron chi connectivity index (χ3n) is 4.32. The number of carbonyl (C=O) groups excluding carboxylic acids is 1. The van der Waals surface area contributed by atoms with Crippen molar-refractivity contribution in [2.75, 3.05) is 0 Å². The van der Waals surface area contributed by atoms with Gasteiger partial charge in [0.25, 0.3) is 11.5 Å². The number of halogens is 2. The minimum atomic E-state index is -2.93. The van der Waals surface area contributed by atoms with E-state index in [1.807, 2.05) is 6.92 Å². The van der Waals surface area contributed by atoms with Gasteiger partial charge in [0.15, 0.2) is 5.69 Å². The number of amides is 1. The smallest absolute Gasteiger partial charge is 0.387 e. The Morgan fingerprint density at radius 2 is 1.93 bits per heavy atom. The lowest BCUT2D eigenvalue weighted by molar-refractivity contribution is -0.0498. The van der Waals surface area contributed by atoms with Crippen LogP contribution in [0.1, 0.15) is 36.3 Å². The van der Waals surface area contributed by atoms with Crippen LogP contribution in [0, 0.1) is 0 Å². The van der Waals surface area contributed by atoms with Crippen LogP contribution in [0.25, 0.3) is 10.8 Å². The van der Waals surface area contributed by atoms with Gasteiger partial charge in [0.1, 0.15) is 5.75 Å². The van der Waals surface area contributed by atoms with Crippen LogP contribution < -0.4 is 15.7 Å². The number of ether oxygens (including phenoxy) is 1. The first-order chi connectivity index (χ1) is 14.4. The van der Waals surface area contributed by atoms with Gasteiger partial charge in [-0.05, 0) is 31.5 Å². The highest BCUT2D eigenvalue weighted by molar-refractivity contribution is 6.06.